The summed E-state index contributed by atoms with van der Waals surface area (Å²) in [5.74, 6) is 3.10. The fraction of sp³-hybridized carbons (Fsp3) is 0.628. The number of hydrogen-bond acceptors (Lipinski definition) is 6. The van der Waals surface area contributed by atoms with Crippen molar-refractivity contribution in [1.82, 2.24) is 0 Å². The molecule has 4 fully saturated rings. The summed E-state index contributed by atoms with van der Waals surface area (Å²) in [7, 11) is 0. The lowest BCUT2D eigenvalue weighted by Gasteiger charge is -2.40. The van der Waals surface area contributed by atoms with Gasteiger partial charge in [-0.25, -0.2) is 9.59 Å². The van der Waals surface area contributed by atoms with E-state index in [-0.39, 0.29) is 37.4 Å². The summed E-state index contributed by atoms with van der Waals surface area (Å²) < 4.78 is 25.1. The summed E-state index contributed by atoms with van der Waals surface area (Å²) in [6, 6.07) is 14.4. The van der Waals surface area contributed by atoms with Crippen LogP contribution in [0, 0.1) is 23.7 Å². The van der Waals surface area contributed by atoms with E-state index in [0.29, 0.717) is 35.2 Å². The quantitative estimate of drug-likeness (QED) is 0.109. The van der Waals surface area contributed by atoms with Gasteiger partial charge in [0.25, 0.3) is 0 Å². The van der Waals surface area contributed by atoms with Crippen molar-refractivity contribution in [3.8, 4) is 11.5 Å². The number of carbonyl (C=O) groups is 2. The van der Waals surface area contributed by atoms with Gasteiger partial charge in [-0.05, 0) is 99.5 Å². The summed E-state index contributed by atoms with van der Waals surface area (Å²) in [4.78, 5) is 26.6. The molecule has 3 aromatic carbocycles. The van der Waals surface area contributed by atoms with Crippen LogP contribution in [-0.4, -0.2) is 37.4 Å². The first-order chi connectivity index (χ1) is 24.1. The zero-order valence-corrected chi connectivity index (χ0v) is 29.6. The van der Waals surface area contributed by atoms with Crippen molar-refractivity contribution < 1.29 is 28.5 Å². The zero-order chi connectivity index (χ0) is 33.6. The first-order valence-electron chi connectivity index (χ1n) is 19.7. The molecule has 0 heterocycles. The number of unbranched alkanes of at least 4 members (excludes halogenated alkanes) is 2. The van der Waals surface area contributed by atoms with E-state index in [9.17, 15) is 9.59 Å². The van der Waals surface area contributed by atoms with Crippen LogP contribution in [-0.2, 0) is 25.5 Å². The molecule has 0 bridgehead atoms. The van der Waals surface area contributed by atoms with Gasteiger partial charge in [0.2, 0.25) is 0 Å². The lowest BCUT2D eigenvalue weighted by molar-refractivity contribution is -0.159. The Hall–Kier alpha value is -3.28. The van der Waals surface area contributed by atoms with Crippen LogP contribution in [0.2, 0.25) is 0 Å². The Labute approximate surface area is 292 Å². The Bertz CT molecular complexity index is 1590. The molecule has 49 heavy (non-hydrogen) atoms. The van der Waals surface area contributed by atoms with Crippen LogP contribution in [0.1, 0.15) is 122 Å². The number of esters is 2. The maximum atomic E-state index is 13.3. The molecule has 0 aliphatic heterocycles. The third-order valence-electron chi connectivity index (χ3n) is 12.3. The van der Waals surface area contributed by atoms with Crippen LogP contribution < -0.4 is 9.47 Å². The van der Waals surface area contributed by atoms with Gasteiger partial charge in [-0.15, -0.1) is 0 Å². The molecule has 0 N–H and O–H groups in total. The largest absolute Gasteiger partial charge is 0.481 e. The Balaban J connectivity index is 1.12. The van der Waals surface area contributed by atoms with E-state index >= 15 is 0 Å². The number of rotatable bonds is 12. The van der Waals surface area contributed by atoms with Gasteiger partial charge in [0, 0.05) is 21.5 Å². The maximum absolute atomic E-state index is 13.3. The van der Waals surface area contributed by atoms with Gasteiger partial charge >= 0.3 is 11.9 Å². The molecule has 4 saturated carbocycles. The minimum absolute atomic E-state index is 0.00180. The summed E-state index contributed by atoms with van der Waals surface area (Å²) >= 11 is 0. The third kappa shape index (κ3) is 7.89. The average molecular weight is 669 g/mol. The van der Waals surface area contributed by atoms with Crippen molar-refractivity contribution in [2.45, 2.75) is 135 Å². The molecule has 0 saturated heterocycles. The lowest BCUT2D eigenvalue weighted by Crippen LogP contribution is -2.38. The van der Waals surface area contributed by atoms with Crippen LogP contribution >= 0.6 is 0 Å². The van der Waals surface area contributed by atoms with E-state index in [1.54, 1.807) is 0 Å². The minimum Gasteiger partial charge on any atom is -0.481 e. The van der Waals surface area contributed by atoms with Gasteiger partial charge in [-0.1, -0.05) is 94.7 Å². The Kier molecular flexibility index (Phi) is 11.3. The first-order valence-corrected chi connectivity index (χ1v) is 19.7. The van der Waals surface area contributed by atoms with Crippen molar-refractivity contribution in [3.05, 3.63) is 48.0 Å². The highest BCUT2D eigenvalue weighted by Gasteiger charge is 2.38. The highest BCUT2D eigenvalue weighted by Crippen LogP contribution is 2.45. The molecular formula is C43H56O6. The number of aryl methyl sites for hydroxylation is 1. The molecule has 264 valence electrons. The predicted molar refractivity (Wildman–Crippen MR) is 194 cm³/mol. The van der Waals surface area contributed by atoms with Crippen LogP contribution in [0.3, 0.4) is 0 Å². The van der Waals surface area contributed by atoms with Crippen molar-refractivity contribution in [2.75, 3.05) is 13.2 Å². The second-order valence-electron chi connectivity index (χ2n) is 15.5. The minimum atomic E-state index is -0.296. The van der Waals surface area contributed by atoms with E-state index in [1.165, 1.54) is 63.4 Å². The Morgan fingerprint density at radius 3 is 1.67 bits per heavy atom. The lowest BCUT2D eigenvalue weighted by atomic mass is 9.69. The summed E-state index contributed by atoms with van der Waals surface area (Å²) in [5, 5.41) is 3.48. The van der Waals surface area contributed by atoms with Gasteiger partial charge in [0.1, 0.15) is 23.7 Å². The molecule has 0 amide bonds. The molecule has 0 radical (unpaired) electrons. The first kappa shape index (κ1) is 34.2. The fourth-order valence-corrected chi connectivity index (χ4v) is 9.91. The summed E-state index contributed by atoms with van der Waals surface area (Å²) in [5.41, 5.74) is 1.22. The highest BCUT2D eigenvalue weighted by molar-refractivity contribution is 6.11. The molecule has 4 aliphatic carbocycles. The fourth-order valence-electron chi connectivity index (χ4n) is 9.91. The SMILES string of the molecule is CCCCCc1ccc2c(OCC(=O)OC3CCCC4CCCCC43)c3ccccc3c(OCC(=O)OC3CCCC4CCCCC43)c2c1. The normalized spacial score (nSPS) is 26.8. The monoisotopic (exact) mass is 668 g/mol. The van der Waals surface area contributed by atoms with Crippen molar-refractivity contribution in [2.24, 2.45) is 23.7 Å². The van der Waals surface area contributed by atoms with Gasteiger partial charge in [-0.2, -0.15) is 0 Å². The Morgan fingerprint density at radius 1 is 0.592 bits per heavy atom. The number of ether oxygens (including phenoxy) is 4. The van der Waals surface area contributed by atoms with E-state index < -0.39 is 0 Å². The second kappa shape index (κ2) is 16.2. The van der Waals surface area contributed by atoms with E-state index in [4.69, 9.17) is 18.9 Å². The molecule has 3 aromatic rings. The highest BCUT2D eigenvalue weighted by atomic mass is 16.6. The molecule has 6 heteroatoms. The van der Waals surface area contributed by atoms with Crippen molar-refractivity contribution >= 4 is 33.5 Å². The number of benzene rings is 3. The molecule has 4 aliphatic rings. The molecule has 6 nitrogen and oxygen atoms in total. The van der Waals surface area contributed by atoms with E-state index in [2.05, 4.69) is 25.1 Å². The predicted octanol–water partition coefficient (Wildman–Crippen LogP) is 10.3. The van der Waals surface area contributed by atoms with Gasteiger partial charge in [0.15, 0.2) is 13.2 Å². The van der Waals surface area contributed by atoms with Gasteiger partial charge in [-0.3, -0.25) is 0 Å². The van der Waals surface area contributed by atoms with Crippen molar-refractivity contribution in [1.29, 1.82) is 0 Å². The molecule has 6 atom stereocenters. The summed E-state index contributed by atoms with van der Waals surface area (Å²) in [6.45, 7) is 1.94. The average Bonchev–Trinajstić information content (AvgIpc) is 3.13. The molecule has 0 spiro atoms. The number of carbonyl (C=O) groups excluding carboxylic acids is 2. The van der Waals surface area contributed by atoms with Gasteiger partial charge in [0.05, 0.1) is 0 Å². The van der Waals surface area contributed by atoms with Crippen LogP contribution in [0.4, 0.5) is 0 Å². The topological polar surface area (TPSA) is 71.1 Å². The maximum Gasteiger partial charge on any atom is 0.344 e. The standard InChI is InChI=1S/C43H56O6/c1-2-3-4-13-29-24-25-36-37(26-29)43(47-28-41(45)49-39-23-12-17-31-15-6-8-19-33(31)39)35-21-10-9-20-34(35)42(36)46-27-40(44)48-38-22-11-16-30-14-5-7-18-32(30)38/h9-10,20-21,24-26,30-33,38-39H,2-8,11-19,22-23,27-28H2,1H3. The van der Waals surface area contributed by atoms with Crippen LogP contribution in [0.25, 0.3) is 21.5 Å². The smallest absolute Gasteiger partial charge is 0.344 e. The van der Waals surface area contributed by atoms with E-state index in [1.807, 2.05) is 24.3 Å². The van der Waals surface area contributed by atoms with Gasteiger partial charge < -0.3 is 18.9 Å². The summed E-state index contributed by atoms with van der Waals surface area (Å²) in [6.07, 6.45) is 21.0. The number of hydrogen-bond donors (Lipinski definition) is 0. The molecular weight excluding hydrogens is 612 g/mol. The molecule has 0 aromatic heterocycles. The molecule has 6 unspecified atom stereocenters. The van der Waals surface area contributed by atoms with Crippen LogP contribution in [0.15, 0.2) is 42.5 Å². The van der Waals surface area contributed by atoms with E-state index in [0.717, 1.165) is 79.3 Å². The Morgan fingerprint density at radius 2 is 1.10 bits per heavy atom. The number of fused-ring (bicyclic) bond motifs is 4. The zero-order valence-electron chi connectivity index (χ0n) is 29.6. The van der Waals surface area contributed by atoms with Crippen molar-refractivity contribution in [3.63, 3.8) is 0 Å². The third-order valence-corrected chi connectivity index (χ3v) is 12.3. The second-order valence-corrected chi connectivity index (χ2v) is 15.5. The molecule has 7 rings (SSSR count). The van der Waals surface area contributed by atoms with Crippen LogP contribution in [0.5, 0.6) is 11.5 Å².